The summed E-state index contributed by atoms with van der Waals surface area (Å²) >= 11 is 0. The van der Waals surface area contributed by atoms with Gasteiger partial charge in [-0.25, -0.2) is 0 Å². The molecule has 1 aliphatic heterocycles. The molecule has 4 atom stereocenters. The van der Waals surface area contributed by atoms with Crippen LogP contribution in [-0.4, -0.2) is 40.5 Å². The Bertz CT molecular complexity index is 254. The predicted molar refractivity (Wildman–Crippen MR) is 71.7 cm³/mol. The molecule has 17 heavy (non-hydrogen) atoms. The minimum atomic E-state index is -0.706. The first-order valence-electron chi connectivity index (χ1n) is 7.03. The number of nitrogens with one attached hydrogen (secondary N) is 1. The lowest BCUT2D eigenvalue weighted by molar-refractivity contribution is 0.128. The van der Waals surface area contributed by atoms with Crippen molar-refractivity contribution in [3.05, 3.63) is 0 Å². The minimum absolute atomic E-state index is 0.267. The molecule has 2 aliphatic rings. The fourth-order valence-electron chi connectivity index (χ4n) is 2.89. The Labute approximate surface area is 107 Å². The Morgan fingerprint density at radius 2 is 2.18 bits per heavy atom. The molecule has 0 aromatic carbocycles. The molecule has 1 N–H and O–H groups in total. The summed E-state index contributed by atoms with van der Waals surface area (Å²) in [7, 11) is -0.706. The van der Waals surface area contributed by atoms with Gasteiger partial charge in [-0.1, -0.05) is 13.3 Å². The zero-order valence-electron chi connectivity index (χ0n) is 10.8. The summed E-state index contributed by atoms with van der Waals surface area (Å²) in [6, 6.07) is 0.484. The maximum absolute atomic E-state index is 12.4. The second kappa shape index (κ2) is 6.86. The lowest BCUT2D eigenvalue weighted by Crippen LogP contribution is -2.40. The van der Waals surface area contributed by atoms with Crippen molar-refractivity contribution < 1.29 is 8.95 Å². The third kappa shape index (κ3) is 3.76. The summed E-state index contributed by atoms with van der Waals surface area (Å²) in [6.45, 7) is 4.10. The van der Waals surface area contributed by atoms with Crippen LogP contribution in [0.15, 0.2) is 0 Å². The molecule has 1 heterocycles. The van der Waals surface area contributed by atoms with Crippen LogP contribution in [0.5, 0.6) is 0 Å². The largest absolute Gasteiger partial charge is 0.377 e. The van der Waals surface area contributed by atoms with E-state index in [-0.39, 0.29) is 6.10 Å². The third-order valence-electron chi connectivity index (χ3n) is 3.82. The molecule has 0 spiro atoms. The number of rotatable bonds is 6. The van der Waals surface area contributed by atoms with Gasteiger partial charge in [0.15, 0.2) is 0 Å². The van der Waals surface area contributed by atoms with E-state index in [1.165, 1.54) is 12.8 Å². The van der Waals surface area contributed by atoms with Crippen molar-refractivity contribution in [3.8, 4) is 0 Å². The molecule has 2 fully saturated rings. The Morgan fingerprint density at radius 3 is 2.88 bits per heavy atom. The Morgan fingerprint density at radius 1 is 1.29 bits per heavy atom. The van der Waals surface area contributed by atoms with Crippen LogP contribution in [0.4, 0.5) is 0 Å². The van der Waals surface area contributed by atoms with Gasteiger partial charge in [-0.15, -0.1) is 0 Å². The molecule has 0 aromatic rings. The molecule has 0 amide bonds. The van der Waals surface area contributed by atoms with E-state index in [0.717, 1.165) is 44.6 Å². The smallest absolute Gasteiger partial charge is 0.0691 e. The topological polar surface area (TPSA) is 38.3 Å². The zero-order chi connectivity index (χ0) is 12.1. The molecule has 1 saturated heterocycles. The highest BCUT2D eigenvalue weighted by Gasteiger charge is 2.33. The van der Waals surface area contributed by atoms with Crippen molar-refractivity contribution in [2.45, 2.75) is 62.8 Å². The summed E-state index contributed by atoms with van der Waals surface area (Å²) in [4.78, 5) is 0. The van der Waals surface area contributed by atoms with E-state index >= 15 is 0 Å². The molecular weight excluding hydrogens is 234 g/mol. The van der Waals surface area contributed by atoms with E-state index in [1.807, 2.05) is 0 Å². The first-order valence-corrected chi connectivity index (χ1v) is 8.41. The van der Waals surface area contributed by atoms with Gasteiger partial charge in [0.25, 0.3) is 0 Å². The van der Waals surface area contributed by atoms with Crippen molar-refractivity contribution >= 4 is 10.8 Å². The molecule has 0 radical (unpaired) electrons. The molecule has 1 saturated carbocycles. The predicted octanol–water partition coefficient (Wildman–Crippen LogP) is 1.83. The highest BCUT2D eigenvalue weighted by Crippen LogP contribution is 2.25. The van der Waals surface area contributed by atoms with Gasteiger partial charge < -0.3 is 10.1 Å². The zero-order valence-corrected chi connectivity index (χ0v) is 11.6. The average molecular weight is 259 g/mol. The van der Waals surface area contributed by atoms with E-state index in [1.54, 1.807) is 0 Å². The SMILES string of the molecule is CCCNC1CCCC1S(=O)CC1CCCO1. The summed E-state index contributed by atoms with van der Waals surface area (Å²) in [5.74, 6) is 0.759. The van der Waals surface area contributed by atoms with E-state index in [9.17, 15) is 4.21 Å². The van der Waals surface area contributed by atoms with Crippen molar-refractivity contribution in [1.82, 2.24) is 5.32 Å². The normalized spacial score (nSPS) is 35.2. The Hall–Kier alpha value is 0.0700. The number of hydrogen-bond donors (Lipinski definition) is 1. The van der Waals surface area contributed by atoms with Crippen LogP contribution < -0.4 is 5.32 Å². The van der Waals surface area contributed by atoms with Crippen LogP contribution in [0, 0.1) is 0 Å². The number of hydrogen-bond acceptors (Lipinski definition) is 3. The van der Waals surface area contributed by atoms with Crippen LogP contribution in [0.2, 0.25) is 0 Å². The van der Waals surface area contributed by atoms with E-state index in [4.69, 9.17) is 4.74 Å². The molecule has 4 unspecified atom stereocenters. The second-order valence-corrected chi connectivity index (χ2v) is 6.91. The second-order valence-electron chi connectivity index (χ2n) is 5.21. The molecule has 0 bridgehead atoms. The highest BCUT2D eigenvalue weighted by molar-refractivity contribution is 7.85. The average Bonchev–Trinajstić information content (AvgIpc) is 2.96. The van der Waals surface area contributed by atoms with Crippen molar-refractivity contribution in [2.24, 2.45) is 0 Å². The van der Waals surface area contributed by atoms with Gasteiger partial charge in [0.1, 0.15) is 0 Å². The molecular formula is C13H25NO2S. The van der Waals surface area contributed by atoms with Crippen molar-refractivity contribution in [1.29, 1.82) is 0 Å². The monoisotopic (exact) mass is 259 g/mol. The van der Waals surface area contributed by atoms with Crippen LogP contribution in [-0.2, 0) is 15.5 Å². The van der Waals surface area contributed by atoms with Gasteiger partial charge in [-0.3, -0.25) is 4.21 Å². The van der Waals surface area contributed by atoms with Crippen LogP contribution in [0.1, 0.15) is 45.4 Å². The van der Waals surface area contributed by atoms with Crippen LogP contribution in [0.3, 0.4) is 0 Å². The quantitative estimate of drug-likeness (QED) is 0.791. The third-order valence-corrected chi connectivity index (χ3v) is 5.76. The van der Waals surface area contributed by atoms with Gasteiger partial charge in [0, 0.05) is 23.4 Å². The van der Waals surface area contributed by atoms with E-state index in [2.05, 4.69) is 12.2 Å². The lowest BCUT2D eigenvalue weighted by Gasteiger charge is -2.21. The summed E-state index contributed by atoms with van der Waals surface area (Å²) < 4.78 is 18.0. The summed E-state index contributed by atoms with van der Waals surface area (Å²) in [5, 5.41) is 3.92. The number of ether oxygens (including phenoxy) is 1. The highest BCUT2D eigenvalue weighted by atomic mass is 32.2. The van der Waals surface area contributed by atoms with Crippen LogP contribution in [0.25, 0.3) is 0 Å². The molecule has 3 nitrogen and oxygen atoms in total. The molecule has 0 aromatic heterocycles. The summed E-state index contributed by atoms with van der Waals surface area (Å²) in [6.07, 6.45) is 7.21. The standard InChI is InChI=1S/C13H25NO2S/c1-2-8-14-12-6-3-7-13(12)17(15)10-11-5-4-9-16-11/h11-14H,2-10H2,1H3. The first-order chi connectivity index (χ1) is 8.31. The van der Waals surface area contributed by atoms with Gasteiger partial charge in [0.05, 0.1) is 17.1 Å². The fourth-order valence-corrected chi connectivity index (χ4v) is 4.79. The maximum atomic E-state index is 12.4. The first kappa shape index (κ1) is 13.5. The fraction of sp³-hybridized carbons (Fsp3) is 1.00. The van der Waals surface area contributed by atoms with Gasteiger partial charge >= 0.3 is 0 Å². The van der Waals surface area contributed by atoms with E-state index in [0.29, 0.717) is 11.3 Å². The Balaban J connectivity index is 1.80. The van der Waals surface area contributed by atoms with Gasteiger partial charge in [-0.2, -0.15) is 0 Å². The minimum Gasteiger partial charge on any atom is -0.377 e. The van der Waals surface area contributed by atoms with E-state index < -0.39 is 10.8 Å². The van der Waals surface area contributed by atoms with Crippen LogP contribution >= 0.6 is 0 Å². The summed E-state index contributed by atoms with van der Waals surface area (Å²) in [5.41, 5.74) is 0. The van der Waals surface area contributed by atoms with Crippen molar-refractivity contribution in [2.75, 3.05) is 18.9 Å². The molecule has 2 rings (SSSR count). The molecule has 100 valence electrons. The molecule has 4 heteroatoms. The van der Waals surface area contributed by atoms with Gasteiger partial charge in [0.2, 0.25) is 0 Å². The molecule has 1 aliphatic carbocycles. The Kier molecular flexibility index (Phi) is 5.45. The van der Waals surface area contributed by atoms with Crippen molar-refractivity contribution in [3.63, 3.8) is 0 Å². The maximum Gasteiger partial charge on any atom is 0.0691 e. The van der Waals surface area contributed by atoms with Gasteiger partial charge in [-0.05, 0) is 38.6 Å². The lowest BCUT2D eigenvalue weighted by atomic mass is 10.2.